The van der Waals surface area contributed by atoms with Gasteiger partial charge < -0.3 is 10.2 Å². The van der Waals surface area contributed by atoms with Crippen LogP contribution in [0.25, 0.3) is 0 Å². The van der Waals surface area contributed by atoms with Crippen LogP contribution < -0.4 is 5.32 Å². The number of rotatable bonds is 1. The summed E-state index contributed by atoms with van der Waals surface area (Å²) in [5, 5.41) is 4.51. The van der Waals surface area contributed by atoms with E-state index in [1.807, 2.05) is 0 Å². The van der Waals surface area contributed by atoms with Crippen molar-refractivity contribution in [3.05, 3.63) is 0 Å². The second-order valence-electron chi connectivity index (χ2n) is 5.77. The summed E-state index contributed by atoms with van der Waals surface area (Å²) < 4.78 is 0. The van der Waals surface area contributed by atoms with Gasteiger partial charge in [0.1, 0.15) is 0 Å². The van der Waals surface area contributed by atoms with Crippen molar-refractivity contribution in [2.75, 3.05) is 13.1 Å². The summed E-state index contributed by atoms with van der Waals surface area (Å²) in [6.45, 7) is 6.90. The lowest BCUT2D eigenvalue weighted by Crippen LogP contribution is -2.43. The van der Waals surface area contributed by atoms with Gasteiger partial charge in [-0.25, -0.2) is 0 Å². The van der Waals surface area contributed by atoms with E-state index in [0.717, 1.165) is 18.2 Å². The fourth-order valence-corrected chi connectivity index (χ4v) is 2.94. The average molecular weight is 226 g/mol. The van der Waals surface area contributed by atoms with Crippen LogP contribution in [0.1, 0.15) is 46.0 Å². The topological polar surface area (TPSA) is 15.3 Å². The Morgan fingerprint density at radius 3 is 2.53 bits per heavy atom. The highest BCUT2D eigenvalue weighted by atomic mass is 32.1. The van der Waals surface area contributed by atoms with E-state index in [2.05, 4.69) is 24.1 Å². The van der Waals surface area contributed by atoms with Crippen LogP contribution in [0.2, 0.25) is 0 Å². The molecule has 0 atom stereocenters. The molecule has 0 spiro atoms. The molecule has 15 heavy (non-hydrogen) atoms. The molecule has 1 aliphatic carbocycles. The quantitative estimate of drug-likeness (QED) is 0.692. The molecule has 1 N–H and O–H groups in total. The minimum absolute atomic E-state index is 0.446. The first-order valence-corrected chi connectivity index (χ1v) is 6.53. The zero-order valence-corrected chi connectivity index (χ0v) is 10.7. The van der Waals surface area contributed by atoms with E-state index >= 15 is 0 Å². The third-order valence-corrected chi connectivity index (χ3v) is 4.02. The summed E-state index contributed by atoms with van der Waals surface area (Å²) in [4.78, 5) is 2.34. The molecule has 2 rings (SSSR count). The van der Waals surface area contributed by atoms with Crippen LogP contribution in [-0.4, -0.2) is 29.1 Å². The minimum atomic E-state index is 0.446. The number of hydrogen-bond donors (Lipinski definition) is 1. The van der Waals surface area contributed by atoms with Crippen molar-refractivity contribution in [2.45, 2.75) is 52.0 Å². The third-order valence-electron chi connectivity index (χ3n) is 3.65. The maximum atomic E-state index is 5.47. The average Bonchev–Trinajstić information content (AvgIpc) is 2.74. The first-order valence-electron chi connectivity index (χ1n) is 6.12. The molecular weight excluding hydrogens is 204 g/mol. The van der Waals surface area contributed by atoms with Gasteiger partial charge in [-0.3, -0.25) is 0 Å². The Kier molecular flexibility index (Phi) is 3.19. The van der Waals surface area contributed by atoms with Gasteiger partial charge in [0.15, 0.2) is 5.11 Å². The molecule has 0 amide bonds. The Morgan fingerprint density at radius 1 is 1.33 bits per heavy atom. The molecule has 0 aromatic heterocycles. The van der Waals surface area contributed by atoms with Crippen LogP contribution in [0.4, 0.5) is 0 Å². The van der Waals surface area contributed by atoms with E-state index in [9.17, 15) is 0 Å². The smallest absolute Gasteiger partial charge is 0.169 e. The fraction of sp³-hybridized carbons (Fsp3) is 0.917. The van der Waals surface area contributed by atoms with E-state index in [0.29, 0.717) is 11.5 Å². The Labute approximate surface area is 98.4 Å². The molecule has 1 aliphatic heterocycles. The normalized spacial score (nSPS) is 25.9. The lowest BCUT2D eigenvalue weighted by Gasteiger charge is -2.25. The molecule has 86 valence electrons. The summed E-state index contributed by atoms with van der Waals surface area (Å²) in [7, 11) is 0. The highest BCUT2D eigenvalue weighted by Gasteiger charge is 2.31. The summed E-state index contributed by atoms with van der Waals surface area (Å²) in [6.07, 6.45) is 6.60. The van der Waals surface area contributed by atoms with Crippen LogP contribution in [-0.2, 0) is 0 Å². The van der Waals surface area contributed by atoms with Crippen LogP contribution in [0.5, 0.6) is 0 Å². The van der Waals surface area contributed by atoms with Gasteiger partial charge >= 0.3 is 0 Å². The zero-order valence-electron chi connectivity index (χ0n) is 9.88. The van der Waals surface area contributed by atoms with E-state index in [4.69, 9.17) is 12.2 Å². The highest BCUT2D eigenvalue weighted by molar-refractivity contribution is 7.80. The molecule has 3 heteroatoms. The predicted octanol–water partition coefficient (Wildman–Crippen LogP) is 2.54. The number of thiocarbonyl (C=S) groups is 1. The molecule has 1 saturated carbocycles. The van der Waals surface area contributed by atoms with E-state index in [1.54, 1.807) is 0 Å². The number of nitrogens with zero attached hydrogens (tertiary/aromatic N) is 1. The van der Waals surface area contributed by atoms with Crippen molar-refractivity contribution in [3.8, 4) is 0 Å². The molecule has 0 bridgehead atoms. The number of hydrogen-bond acceptors (Lipinski definition) is 1. The zero-order chi connectivity index (χ0) is 10.9. The molecule has 1 heterocycles. The second kappa shape index (κ2) is 4.28. The molecule has 0 unspecified atom stereocenters. The standard InChI is InChI=1S/C12H22N2S/c1-12(2)7-8-14(9-12)11(15)13-10-5-3-4-6-10/h10H,3-9H2,1-2H3,(H,13,15). The van der Waals surface area contributed by atoms with E-state index < -0.39 is 0 Å². The van der Waals surface area contributed by atoms with Gasteiger partial charge in [-0.1, -0.05) is 26.7 Å². The molecule has 0 radical (unpaired) electrons. The van der Waals surface area contributed by atoms with Crippen molar-refractivity contribution < 1.29 is 0 Å². The minimum Gasteiger partial charge on any atom is -0.360 e. The highest BCUT2D eigenvalue weighted by Crippen LogP contribution is 2.29. The van der Waals surface area contributed by atoms with E-state index in [1.165, 1.54) is 32.1 Å². The largest absolute Gasteiger partial charge is 0.360 e. The monoisotopic (exact) mass is 226 g/mol. The van der Waals surface area contributed by atoms with Gasteiger partial charge in [-0.15, -0.1) is 0 Å². The lowest BCUT2D eigenvalue weighted by molar-refractivity contribution is 0.371. The van der Waals surface area contributed by atoms with Crippen molar-refractivity contribution in [1.29, 1.82) is 0 Å². The van der Waals surface area contributed by atoms with Crippen LogP contribution in [0.3, 0.4) is 0 Å². The van der Waals surface area contributed by atoms with Crippen LogP contribution in [0.15, 0.2) is 0 Å². The molecule has 0 aromatic carbocycles. The SMILES string of the molecule is CC1(C)CCN(C(=S)NC2CCCC2)C1. The van der Waals surface area contributed by atoms with Gasteiger partial charge in [0.05, 0.1) is 0 Å². The summed E-state index contributed by atoms with van der Waals surface area (Å²) in [5.41, 5.74) is 0.446. The first-order chi connectivity index (χ1) is 7.07. The maximum absolute atomic E-state index is 5.47. The third kappa shape index (κ3) is 2.83. The van der Waals surface area contributed by atoms with Crippen molar-refractivity contribution in [1.82, 2.24) is 10.2 Å². The Balaban J connectivity index is 1.81. The fourth-order valence-electron chi connectivity index (χ4n) is 2.62. The molecular formula is C12H22N2S. The van der Waals surface area contributed by atoms with Gasteiger partial charge in [0.2, 0.25) is 0 Å². The van der Waals surface area contributed by atoms with Crippen molar-refractivity contribution in [3.63, 3.8) is 0 Å². The Bertz CT molecular complexity index is 244. The second-order valence-corrected chi connectivity index (χ2v) is 6.15. The van der Waals surface area contributed by atoms with Gasteiger partial charge in [0, 0.05) is 19.1 Å². The molecule has 0 aromatic rings. The predicted molar refractivity (Wildman–Crippen MR) is 68.0 cm³/mol. The molecule has 2 nitrogen and oxygen atoms in total. The van der Waals surface area contributed by atoms with E-state index in [-0.39, 0.29) is 0 Å². The molecule has 2 aliphatic rings. The van der Waals surface area contributed by atoms with Crippen LogP contribution in [0, 0.1) is 5.41 Å². The Hall–Kier alpha value is -0.310. The summed E-state index contributed by atoms with van der Waals surface area (Å²) in [5.74, 6) is 0. The van der Waals surface area contributed by atoms with Gasteiger partial charge in [-0.05, 0) is 36.9 Å². The molecule has 1 saturated heterocycles. The Morgan fingerprint density at radius 2 is 2.00 bits per heavy atom. The van der Waals surface area contributed by atoms with Crippen molar-refractivity contribution in [2.24, 2.45) is 5.41 Å². The first kappa shape index (κ1) is 11.2. The number of nitrogens with one attached hydrogen (secondary N) is 1. The summed E-state index contributed by atoms with van der Waals surface area (Å²) >= 11 is 5.47. The summed E-state index contributed by atoms with van der Waals surface area (Å²) in [6, 6.07) is 0.654. The maximum Gasteiger partial charge on any atom is 0.169 e. The van der Waals surface area contributed by atoms with Crippen LogP contribution >= 0.6 is 12.2 Å². The van der Waals surface area contributed by atoms with Gasteiger partial charge in [-0.2, -0.15) is 0 Å². The van der Waals surface area contributed by atoms with Crippen molar-refractivity contribution >= 4 is 17.3 Å². The number of likely N-dealkylation sites (tertiary alicyclic amines) is 1. The molecule has 2 fully saturated rings. The van der Waals surface area contributed by atoms with Gasteiger partial charge in [0.25, 0.3) is 0 Å². The lowest BCUT2D eigenvalue weighted by atomic mass is 9.93.